The number of amidine groups is 1. The molecule has 4 heteroatoms. The van der Waals surface area contributed by atoms with E-state index < -0.39 is 0 Å². The van der Waals surface area contributed by atoms with Crippen LogP contribution < -0.4 is 5.32 Å². The Morgan fingerprint density at radius 1 is 1.32 bits per heavy atom. The second-order valence-electron chi connectivity index (χ2n) is 5.18. The highest BCUT2D eigenvalue weighted by Gasteiger charge is 2.18. The number of anilines is 1. The highest BCUT2D eigenvalue weighted by atomic mass is 32.2. The summed E-state index contributed by atoms with van der Waals surface area (Å²) in [5.74, 6) is 1.78. The maximum absolute atomic E-state index is 4.82. The van der Waals surface area contributed by atoms with Gasteiger partial charge in [0.05, 0.1) is 6.04 Å². The average molecular weight is 290 g/mol. The van der Waals surface area contributed by atoms with Crippen LogP contribution >= 0.6 is 23.1 Å². The van der Waals surface area contributed by atoms with E-state index in [9.17, 15) is 0 Å². The van der Waals surface area contributed by atoms with Crippen LogP contribution in [-0.4, -0.2) is 17.0 Å². The van der Waals surface area contributed by atoms with Gasteiger partial charge in [-0.05, 0) is 47.4 Å². The summed E-state index contributed by atoms with van der Waals surface area (Å²) >= 11 is 3.61. The first-order chi connectivity index (χ1) is 9.22. The molecule has 3 rings (SSSR count). The maximum atomic E-state index is 4.82. The Morgan fingerprint density at radius 3 is 3.05 bits per heavy atom. The minimum Gasteiger partial charge on any atom is -0.335 e. The predicted octanol–water partition coefficient (Wildman–Crippen LogP) is 4.83. The number of nitrogens with zero attached hydrogens (tertiary/aromatic N) is 1. The molecule has 0 spiro atoms. The normalized spacial score (nSPS) is 19.7. The second-order valence-corrected chi connectivity index (χ2v) is 7.21. The molecule has 1 N–H and O–H groups in total. The third kappa shape index (κ3) is 2.95. The summed E-state index contributed by atoms with van der Waals surface area (Å²) in [4.78, 5) is 4.82. The van der Waals surface area contributed by atoms with Crippen LogP contribution in [0.1, 0.15) is 20.3 Å². The van der Waals surface area contributed by atoms with Crippen molar-refractivity contribution in [3.05, 3.63) is 29.6 Å². The van der Waals surface area contributed by atoms with E-state index in [2.05, 4.69) is 48.8 Å². The Balaban J connectivity index is 1.80. The molecule has 2 heterocycles. The van der Waals surface area contributed by atoms with E-state index in [-0.39, 0.29) is 0 Å². The molecule has 1 unspecified atom stereocenters. The molecule has 100 valence electrons. The molecular weight excluding hydrogens is 272 g/mol. The Morgan fingerprint density at radius 2 is 2.21 bits per heavy atom. The molecule has 1 aromatic heterocycles. The zero-order chi connectivity index (χ0) is 13.2. The van der Waals surface area contributed by atoms with Crippen LogP contribution in [0.2, 0.25) is 0 Å². The number of hydrogen-bond donors (Lipinski definition) is 1. The quantitative estimate of drug-likeness (QED) is 0.856. The van der Waals surface area contributed by atoms with Crippen LogP contribution in [-0.2, 0) is 0 Å². The van der Waals surface area contributed by atoms with E-state index in [1.807, 2.05) is 11.8 Å². The predicted molar refractivity (Wildman–Crippen MR) is 88.6 cm³/mol. The fourth-order valence-corrected chi connectivity index (χ4v) is 3.97. The van der Waals surface area contributed by atoms with Crippen molar-refractivity contribution in [1.82, 2.24) is 0 Å². The topological polar surface area (TPSA) is 24.4 Å². The molecule has 1 aliphatic rings. The number of hydrogen-bond acceptors (Lipinski definition) is 4. The van der Waals surface area contributed by atoms with Gasteiger partial charge < -0.3 is 5.32 Å². The molecule has 0 fully saturated rings. The standard InChI is InChI=1S/C15H18N2S2/c1-10(2)13-6-8-19-15(17-13)16-12-3-4-14-11(9-12)5-7-18-14/h3-5,7,9-10,13H,6,8H2,1-2H3,(H,16,17). The molecule has 0 bridgehead atoms. The molecule has 2 aromatic rings. The highest BCUT2D eigenvalue weighted by Crippen LogP contribution is 2.27. The zero-order valence-corrected chi connectivity index (χ0v) is 12.9. The van der Waals surface area contributed by atoms with Crippen molar-refractivity contribution in [1.29, 1.82) is 0 Å². The van der Waals surface area contributed by atoms with Crippen LogP contribution in [0.4, 0.5) is 5.69 Å². The van der Waals surface area contributed by atoms with E-state index in [4.69, 9.17) is 4.99 Å². The third-order valence-corrected chi connectivity index (χ3v) is 5.23. The number of rotatable bonds is 2. The molecule has 1 aliphatic heterocycles. The lowest BCUT2D eigenvalue weighted by molar-refractivity contribution is 0.485. The monoisotopic (exact) mass is 290 g/mol. The molecule has 2 nitrogen and oxygen atoms in total. The van der Waals surface area contributed by atoms with Crippen molar-refractivity contribution in [2.24, 2.45) is 10.9 Å². The van der Waals surface area contributed by atoms with Crippen molar-refractivity contribution in [2.45, 2.75) is 26.3 Å². The van der Waals surface area contributed by atoms with Crippen LogP contribution in [0.15, 0.2) is 34.6 Å². The molecule has 1 aromatic carbocycles. The van der Waals surface area contributed by atoms with Gasteiger partial charge in [0, 0.05) is 16.1 Å². The van der Waals surface area contributed by atoms with Gasteiger partial charge in [0.1, 0.15) is 0 Å². The summed E-state index contributed by atoms with van der Waals surface area (Å²) in [5, 5.41) is 7.97. The molecule has 1 atom stereocenters. The summed E-state index contributed by atoms with van der Waals surface area (Å²) < 4.78 is 1.34. The van der Waals surface area contributed by atoms with Gasteiger partial charge in [-0.2, -0.15) is 0 Å². The number of fused-ring (bicyclic) bond motifs is 1. The zero-order valence-electron chi connectivity index (χ0n) is 11.2. The van der Waals surface area contributed by atoms with Crippen molar-refractivity contribution < 1.29 is 0 Å². The Bertz CT molecular complexity index is 601. The average Bonchev–Trinajstić information content (AvgIpc) is 2.86. The van der Waals surface area contributed by atoms with Crippen LogP contribution in [0.3, 0.4) is 0 Å². The van der Waals surface area contributed by atoms with Gasteiger partial charge >= 0.3 is 0 Å². The largest absolute Gasteiger partial charge is 0.335 e. The number of thioether (sulfide) groups is 1. The summed E-state index contributed by atoms with van der Waals surface area (Å²) in [6, 6.07) is 9.15. The van der Waals surface area contributed by atoms with Gasteiger partial charge in [-0.25, -0.2) is 0 Å². The first-order valence-corrected chi connectivity index (χ1v) is 8.54. The van der Waals surface area contributed by atoms with Crippen LogP contribution in [0.5, 0.6) is 0 Å². The first kappa shape index (κ1) is 13.0. The van der Waals surface area contributed by atoms with Crippen LogP contribution in [0, 0.1) is 5.92 Å². The highest BCUT2D eigenvalue weighted by molar-refractivity contribution is 8.14. The number of thiophene rings is 1. The van der Waals surface area contributed by atoms with Gasteiger partial charge in [-0.3, -0.25) is 4.99 Å². The number of benzene rings is 1. The third-order valence-electron chi connectivity index (χ3n) is 3.41. The fraction of sp³-hybridized carbons (Fsp3) is 0.400. The van der Waals surface area contributed by atoms with Gasteiger partial charge in [0.15, 0.2) is 5.17 Å². The van der Waals surface area contributed by atoms with Crippen LogP contribution in [0.25, 0.3) is 10.1 Å². The van der Waals surface area contributed by atoms with E-state index in [1.165, 1.54) is 16.5 Å². The van der Waals surface area contributed by atoms with E-state index >= 15 is 0 Å². The molecule has 0 amide bonds. The molecule has 19 heavy (non-hydrogen) atoms. The Labute approximate surface area is 122 Å². The lowest BCUT2D eigenvalue weighted by atomic mass is 10.0. The number of aliphatic imine (C=N–C) groups is 1. The molecule has 0 saturated heterocycles. The minimum absolute atomic E-state index is 0.466. The van der Waals surface area contributed by atoms with Gasteiger partial charge in [-0.1, -0.05) is 25.6 Å². The maximum Gasteiger partial charge on any atom is 0.161 e. The number of nitrogens with one attached hydrogen (secondary N) is 1. The van der Waals surface area contributed by atoms with Crippen molar-refractivity contribution in [2.75, 3.05) is 11.1 Å². The Hall–Kier alpha value is -1.00. The SMILES string of the molecule is CC(C)C1CCSC(Nc2ccc3sccc3c2)=N1. The smallest absolute Gasteiger partial charge is 0.161 e. The summed E-state index contributed by atoms with van der Waals surface area (Å²) in [6.07, 6.45) is 1.19. The van der Waals surface area contributed by atoms with Gasteiger partial charge in [-0.15, -0.1) is 11.3 Å². The Kier molecular flexibility index (Phi) is 3.80. The summed E-state index contributed by atoms with van der Waals surface area (Å²) in [7, 11) is 0. The molecule has 0 radical (unpaired) electrons. The lowest BCUT2D eigenvalue weighted by Gasteiger charge is -2.23. The van der Waals surface area contributed by atoms with Gasteiger partial charge in [0.25, 0.3) is 0 Å². The van der Waals surface area contributed by atoms with E-state index in [0.29, 0.717) is 12.0 Å². The lowest BCUT2D eigenvalue weighted by Crippen LogP contribution is -2.23. The minimum atomic E-state index is 0.466. The summed E-state index contributed by atoms with van der Waals surface area (Å²) in [6.45, 7) is 4.50. The van der Waals surface area contributed by atoms with Gasteiger partial charge in [0.2, 0.25) is 0 Å². The van der Waals surface area contributed by atoms with E-state index in [0.717, 1.165) is 16.6 Å². The summed E-state index contributed by atoms with van der Waals surface area (Å²) in [5.41, 5.74) is 1.14. The molecule has 0 saturated carbocycles. The van der Waals surface area contributed by atoms with Crippen molar-refractivity contribution in [3.63, 3.8) is 0 Å². The van der Waals surface area contributed by atoms with Crippen molar-refractivity contribution in [3.8, 4) is 0 Å². The molecule has 0 aliphatic carbocycles. The second kappa shape index (κ2) is 5.55. The van der Waals surface area contributed by atoms with Crippen molar-refractivity contribution >= 4 is 44.0 Å². The molecular formula is C15H18N2S2. The fourth-order valence-electron chi connectivity index (χ4n) is 2.25. The first-order valence-electron chi connectivity index (χ1n) is 6.67. The van der Waals surface area contributed by atoms with E-state index in [1.54, 1.807) is 11.3 Å².